The van der Waals surface area contributed by atoms with Crippen molar-refractivity contribution in [1.82, 2.24) is 15.3 Å². The number of ether oxygens (including phenoxy) is 1. The first-order valence-corrected chi connectivity index (χ1v) is 11.4. The topological polar surface area (TPSA) is 87.3 Å². The molecular weight excluding hydrogens is 534 g/mol. The van der Waals surface area contributed by atoms with Gasteiger partial charge in [0.1, 0.15) is 16.7 Å². The first-order chi connectivity index (χ1) is 13.7. The van der Waals surface area contributed by atoms with Gasteiger partial charge in [-0.25, -0.2) is 14.2 Å². The second-order valence-electron chi connectivity index (χ2n) is 6.72. The molecule has 7 nitrogen and oxygen atoms in total. The molecule has 3 heterocycles. The minimum atomic E-state index is -1.28. The van der Waals surface area contributed by atoms with Gasteiger partial charge in [-0.2, -0.15) is 0 Å². The number of carbonyl (C=O) groups is 2. The number of nitrogens with zero attached hydrogens (tertiary/aromatic N) is 2. The lowest BCUT2D eigenvalue weighted by Crippen LogP contribution is -2.52. The average molecular weight is 555 g/mol. The second-order valence-corrected chi connectivity index (χ2v) is 9.15. The van der Waals surface area contributed by atoms with Crippen LogP contribution >= 0.6 is 45.5 Å². The van der Waals surface area contributed by atoms with Crippen LogP contribution < -0.4 is 10.2 Å². The van der Waals surface area contributed by atoms with Gasteiger partial charge in [0.15, 0.2) is 5.13 Å². The third-order valence-electron chi connectivity index (χ3n) is 4.66. The number of thiazole rings is 1. The van der Waals surface area contributed by atoms with Crippen molar-refractivity contribution in [3.05, 3.63) is 30.6 Å². The number of piperidine rings is 1. The lowest BCUT2D eigenvalue weighted by Gasteiger charge is -2.34. The van der Waals surface area contributed by atoms with Crippen LogP contribution in [0.4, 0.5) is 9.52 Å². The number of esters is 1. The summed E-state index contributed by atoms with van der Waals surface area (Å²) in [5.41, 5.74) is 1.61. The zero-order valence-electron chi connectivity index (χ0n) is 16.1. The second kappa shape index (κ2) is 9.17. The lowest BCUT2D eigenvalue weighted by molar-refractivity contribution is 0.0531. The summed E-state index contributed by atoms with van der Waals surface area (Å²) in [4.78, 5) is 34.1. The maximum atomic E-state index is 14.8. The van der Waals surface area contributed by atoms with Gasteiger partial charge in [-0.3, -0.25) is 4.79 Å². The quantitative estimate of drug-likeness (QED) is 0.433. The highest BCUT2D eigenvalue weighted by molar-refractivity contribution is 14.1. The van der Waals surface area contributed by atoms with Crippen molar-refractivity contribution in [2.75, 3.05) is 24.6 Å². The fourth-order valence-electron chi connectivity index (χ4n) is 3.11. The number of halogens is 3. The minimum absolute atomic E-state index is 0.0786. The van der Waals surface area contributed by atoms with Crippen molar-refractivity contribution in [2.24, 2.45) is 0 Å². The average Bonchev–Trinajstić information content (AvgIpc) is 3.19. The molecule has 1 fully saturated rings. The fourth-order valence-corrected chi connectivity index (χ4v) is 4.79. The maximum Gasteiger partial charge on any atom is 0.350 e. The van der Waals surface area contributed by atoms with E-state index in [1.54, 1.807) is 18.7 Å². The summed E-state index contributed by atoms with van der Waals surface area (Å²) in [7, 11) is 0. The molecule has 0 aliphatic carbocycles. The molecule has 0 saturated carbocycles. The maximum absolute atomic E-state index is 14.8. The molecule has 2 atom stereocenters. The zero-order chi connectivity index (χ0) is 21.3. The van der Waals surface area contributed by atoms with Crippen molar-refractivity contribution < 1.29 is 18.7 Å². The van der Waals surface area contributed by atoms with E-state index in [0.717, 1.165) is 9.26 Å². The molecule has 1 aliphatic heterocycles. The van der Waals surface area contributed by atoms with Gasteiger partial charge in [0, 0.05) is 12.2 Å². The standard InChI is InChI=1S/C18H21ClFIN4O3S/c1-4-28-17(27)15-9(3)23-18(29-15)25-6-5-11(10(20)7-25)24-16(26)14-12(19)13(21)8(2)22-14/h10-11,22H,4-7H2,1-3H3,(H,24,26)/t10-,11+/m0/s1. The number of aryl methyl sites for hydroxylation is 2. The van der Waals surface area contributed by atoms with E-state index < -0.39 is 24.1 Å². The number of aromatic nitrogens is 2. The molecule has 2 aromatic heterocycles. The number of alkyl halides is 1. The zero-order valence-corrected chi connectivity index (χ0v) is 19.9. The van der Waals surface area contributed by atoms with E-state index >= 15 is 0 Å². The van der Waals surface area contributed by atoms with Crippen molar-refractivity contribution in [3.63, 3.8) is 0 Å². The Kier molecular flexibility index (Phi) is 7.05. The van der Waals surface area contributed by atoms with Crippen molar-refractivity contribution in [1.29, 1.82) is 0 Å². The molecule has 29 heavy (non-hydrogen) atoms. The van der Waals surface area contributed by atoms with E-state index in [0.29, 0.717) is 33.7 Å². The molecule has 0 unspecified atom stereocenters. The number of rotatable bonds is 5. The lowest BCUT2D eigenvalue weighted by atomic mass is 10.0. The summed E-state index contributed by atoms with van der Waals surface area (Å²) in [6.45, 7) is 6.17. The predicted octanol–water partition coefficient (Wildman–Crippen LogP) is 3.87. The highest BCUT2D eigenvalue weighted by atomic mass is 127. The van der Waals surface area contributed by atoms with Crippen LogP contribution in [0, 0.1) is 17.4 Å². The van der Waals surface area contributed by atoms with Gasteiger partial charge >= 0.3 is 5.97 Å². The number of aromatic amines is 1. The number of nitrogens with one attached hydrogen (secondary N) is 2. The summed E-state index contributed by atoms with van der Waals surface area (Å²) < 4.78 is 20.6. The molecule has 0 spiro atoms. The number of carbonyl (C=O) groups excluding carboxylic acids is 2. The van der Waals surface area contributed by atoms with Gasteiger partial charge < -0.3 is 19.9 Å². The van der Waals surface area contributed by atoms with E-state index in [1.807, 2.05) is 6.92 Å². The first-order valence-electron chi connectivity index (χ1n) is 9.10. The molecule has 2 N–H and O–H groups in total. The molecule has 2 aromatic rings. The molecule has 1 aliphatic rings. The fraction of sp³-hybridized carbons (Fsp3) is 0.500. The van der Waals surface area contributed by atoms with E-state index in [9.17, 15) is 14.0 Å². The molecule has 0 radical (unpaired) electrons. The number of hydrogen-bond donors (Lipinski definition) is 2. The highest BCUT2D eigenvalue weighted by Crippen LogP contribution is 2.30. The predicted molar refractivity (Wildman–Crippen MR) is 119 cm³/mol. The van der Waals surface area contributed by atoms with Gasteiger partial charge in [-0.15, -0.1) is 0 Å². The van der Waals surface area contributed by atoms with Gasteiger partial charge in [0.05, 0.1) is 33.5 Å². The van der Waals surface area contributed by atoms with Crippen molar-refractivity contribution in [3.8, 4) is 0 Å². The van der Waals surface area contributed by atoms with Crippen molar-refractivity contribution in [2.45, 2.75) is 39.4 Å². The van der Waals surface area contributed by atoms with Gasteiger partial charge in [0.25, 0.3) is 5.91 Å². The smallest absolute Gasteiger partial charge is 0.350 e. The number of anilines is 1. The van der Waals surface area contributed by atoms with Crippen molar-refractivity contribution >= 4 is 62.5 Å². The number of hydrogen-bond acceptors (Lipinski definition) is 6. The first kappa shape index (κ1) is 22.3. The SMILES string of the molecule is CCOC(=O)c1sc(N2CC[C@@H](NC(=O)c3[nH]c(C)c(I)c3Cl)[C@@H](F)C2)nc1C. The molecule has 1 saturated heterocycles. The molecule has 0 aromatic carbocycles. The normalized spacial score (nSPS) is 19.3. The third-order valence-corrected chi connectivity index (χ3v) is 7.90. The Hall–Kier alpha value is -1.40. The Balaban J connectivity index is 1.65. The van der Waals surface area contributed by atoms with Gasteiger partial charge in [-0.1, -0.05) is 22.9 Å². The van der Waals surface area contributed by atoms with Gasteiger partial charge in [-0.05, 0) is 49.8 Å². The minimum Gasteiger partial charge on any atom is -0.462 e. The van der Waals surface area contributed by atoms with E-state index in [4.69, 9.17) is 16.3 Å². The Bertz CT molecular complexity index is 935. The largest absolute Gasteiger partial charge is 0.462 e. The Labute approximate surface area is 190 Å². The van der Waals surface area contributed by atoms with Crippen LogP contribution in [0.15, 0.2) is 0 Å². The summed E-state index contributed by atoms with van der Waals surface area (Å²) in [5, 5.41) is 3.66. The Morgan fingerprint density at radius 2 is 2.21 bits per heavy atom. The molecule has 0 bridgehead atoms. The summed E-state index contributed by atoms with van der Waals surface area (Å²) in [6.07, 6.45) is -0.869. The van der Waals surface area contributed by atoms with Crippen LogP contribution in [-0.2, 0) is 4.74 Å². The summed E-state index contributed by atoms with van der Waals surface area (Å²) >= 11 is 9.44. The molecule has 11 heteroatoms. The summed E-state index contributed by atoms with van der Waals surface area (Å²) in [5.74, 6) is -0.836. The molecule has 158 valence electrons. The molecular formula is C18H21ClFIN4O3S. The van der Waals surface area contributed by atoms with Crippen LogP contribution in [0.3, 0.4) is 0 Å². The van der Waals surface area contributed by atoms with E-state index in [1.165, 1.54) is 11.3 Å². The number of amides is 1. The van der Waals surface area contributed by atoms with E-state index in [-0.39, 0.29) is 18.8 Å². The van der Waals surface area contributed by atoms with Crippen LogP contribution in [-0.4, -0.2) is 53.8 Å². The monoisotopic (exact) mass is 554 g/mol. The number of H-pyrrole nitrogens is 1. The highest BCUT2D eigenvalue weighted by Gasteiger charge is 2.33. The Morgan fingerprint density at radius 1 is 1.48 bits per heavy atom. The Morgan fingerprint density at radius 3 is 2.79 bits per heavy atom. The molecule has 1 amide bonds. The van der Waals surface area contributed by atoms with Crippen LogP contribution in [0.1, 0.15) is 44.9 Å². The molecule has 3 rings (SSSR count). The van der Waals surface area contributed by atoms with Crippen LogP contribution in [0.2, 0.25) is 5.02 Å². The van der Waals surface area contributed by atoms with Crippen LogP contribution in [0.25, 0.3) is 0 Å². The van der Waals surface area contributed by atoms with E-state index in [2.05, 4.69) is 37.9 Å². The van der Waals surface area contributed by atoms with Crippen LogP contribution in [0.5, 0.6) is 0 Å². The summed E-state index contributed by atoms with van der Waals surface area (Å²) in [6, 6.07) is -0.623. The van der Waals surface area contributed by atoms with Gasteiger partial charge in [0.2, 0.25) is 0 Å². The third kappa shape index (κ3) is 4.69.